The van der Waals surface area contributed by atoms with Crippen LogP contribution in [0.4, 0.5) is 0 Å². The maximum Gasteiger partial charge on any atom is 0.0544 e. The minimum atomic E-state index is 0.545. The Balaban J connectivity index is 1.77. The molecule has 92 valence electrons. The topological polar surface area (TPSA) is 16.1 Å². The Hall–Kier alpha value is -1.67. The normalized spacial score (nSPS) is 18.0. The molecule has 0 bridgehead atoms. The van der Waals surface area contributed by atoms with Gasteiger partial charge in [-0.3, -0.25) is 9.88 Å². The van der Waals surface area contributed by atoms with E-state index in [0.29, 0.717) is 6.04 Å². The number of hydrogen-bond acceptors (Lipinski definition) is 2. The molecule has 1 unspecified atom stereocenters. The molecule has 0 fully saturated rings. The Kier molecular flexibility index (Phi) is 3.11. The third kappa shape index (κ3) is 2.16. The van der Waals surface area contributed by atoms with Gasteiger partial charge >= 0.3 is 0 Å². The van der Waals surface area contributed by atoms with Crippen LogP contribution in [0, 0.1) is 0 Å². The van der Waals surface area contributed by atoms with E-state index in [9.17, 15) is 0 Å². The zero-order valence-corrected chi connectivity index (χ0v) is 10.7. The third-order valence-corrected chi connectivity index (χ3v) is 3.77. The first-order chi connectivity index (χ1) is 8.84. The van der Waals surface area contributed by atoms with Gasteiger partial charge in [-0.2, -0.15) is 0 Å². The summed E-state index contributed by atoms with van der Waals surface area (Å²) in [7, 11) is 2.20. The number of hydrogen-bond donors (Lipinski definition) is 0. The van der Waals surface area contributed by atoms with Crippen molar-refractivity contribution in [2.75, 3.05) is 7.05 Å². The fraction of sp³-hybridized carbons (Fsp3) is 0.312. The van der Waals surface area contributed by atoms with Crippen molar-refractivity contribution in [2.24, 2.45) is 0 Å². The highest BCUT2D eigenvalue weighted by molar-refractivity contribution is 5.34. The van der Waals surface area contributed by atoms with Gasteiger partial charge in [0.1, 0.15) is 0 Å². The second-order valence-electron chi connectivity index (χ2n) is 4.99. The summed E-state index contributed by atoms with van der Waals surface area (Å²) in [6, 6.07) is 15.5. The van der Waals surface area contributed by atoms with Gasteiger partial charge in [0.15, 0.2) is 0 Å². The van der Waals surface area contributed by atoms with Crippen molar-refractivity contribution in [3.05, 3.63) is 65.5 Å². The van der Waals surface area contributed by atoms with Crippen LogP contribution >= 0.6 is 0 Å². The van der Waals surface area contributed by atoms with Gasteiger partial charge in [0.25, 0.3) is 0 Å². The monoisotopic (exact) mass is 238 g/mol. The average Bonchev–Trinajstić information content (AvgIpc) is 2.84. The van der Waals surface area contributed by atoms with Gasteiger partial charge in [0.05, 0.1) is 5.69 Å². The van der Waals surface area contributed by atoms with E-state index in [0.717, 1.165) is 12.2 Å². The molecule has 0 saturated heterocycles. The number of nitrogens with zero attached hydrogens (tertiary/aromatic N) is 2. The van der Waals surface area contributed by atoms with Gasteiger partial charge in [-0.25, -0.2) is 0 Å². The minimum Gasteiger partial charge on any atom is -0.294 e. The molecule has 0 N–H and O–H groups in total. The summed E-state index contributed by atoms with van der Waals surface area (Å²) in [5, 5.41) is 0. The highest BCUT2D eigenvalue weighted by Gasteiger charge is 2.25. The van der Waals surface area contributed by atoms with Crippen molar-refractivity contribution < 1.29 is 0 Å². The minimum absolute atomic E-state index is 0.545. The van der Waals surface area contributed by atoms with Crippen LogP contribution in [0.1, 0.15) is 29.3 Å². The van der Waals surface area contributed by atoms with Crippen molar-refractivity contribution >= 4 is 0 Å². The Morgan fingerprint density at radius 2 is 2.00 bits per heavy atom. The molecule has 1 aromatic heterocycles. The van der Waals surface area contributed by atoms with Crippen LogP contribution in [0.25, 0.3) is 0 Å². The van der Waals surface area contributed by atoms with Crippen molar-refractivity contribution in [3.8, 4) is 0 Å². The zero-order valence-electron chi connectivity index (χ0n) is 10.7. The molecule has 1 aliphatic carbocycles. The van der Waals surface area contributed by atoms with Crippen LogP contribution in [0.2, 0.25) is 0 Å². The second-order valence-corrected chi connectivity index (χ2v) is 4.99. The summed E-state index contributed by atoms with van der Waals surface area (Å²) in [6.45, 7) is 0.917. The van der Waals surface area contributed by atoms with Crippen LogP contribution in [0.3, 0.4) is 0 Å². The van der Waals surface area contributed by atoms with Gasteiger partial charge in [0.2, 0.25) is 0 Å². The summed E-state index contributed by atoms with van der Waals surface area (Å²) in [5.74, 6) is 0. The Bertz CT molecular complexity index is 522. The predicted octanol–water partition coefficient (Wildman–Crippen LogP) is 3.20. The van der Waals surface area contributed by atoms with E-state index >= 15 is 0 Å². The van der Waals surface area contributed by atoms with Crippen LogP contribution in [-0.2, 0) is 13.0 Å². The molecule has 1 atom stereocenters. The Labute approximate surface area is 108 Å². The van der Waals surface area contributed by atoms with E-state index in [1.54, 1.807) is 0 Å². The standard InChI is InChI=1S/C16H18N2/c1-18(12-14-7-4-5-11-17-14)16-10-9-13-6-2-3-8-15(13)16/h2-8,11,16H,9-10,12H2,1H3. The number of aryl methyl sites for hydroxylation is 1. The van der Waals surface area contributed by atoms with E-state index in [1.165, 1.54) is 24.0 Å². The molecule has 0 saturated carbocycles. The lowest BCUT2D eigenvalue weighted by molar-refractivity contribution is 0.233. The number of aromatic nitrogens is 1. The molecule has 2 heteroatoms. The van der Waals surface area contributed by atoms with Crippen LogP contribution in [0.15, 0.2) is 48.7 Å². The molecular weight excluding hydrogens is 220 g/mol. The highest BCUT2D eigenvalue weighted by atomic mass is 15.1. The van der Waals surface area contributed by atoms with Crippen LogP contribution in [0.5, 0.6) is 0 Å². The number of benzene rings is 1. The quantitative estimate of drug-likeness (QED) is 0.816. The molecular formula is C16H18N2. The molecule has 0 aliphatic heterocycles. The van der Waals surface area contributed by atoms with Gasteiger partial charge in [-0.1, -0.05) is 30.3 Å². The third-order valence-electron chi connectivity index (χ3n) is 3.77. The fourth-order valence-corrected chi connectivity index (χ4v) is 2.85. The van der Waals surface area contributed by atoms with Crippen molar-refractivity contribution in [3.63, 3.8) is 0 Å². The maximum absolute atomic E-state index is 4.40. The molecule has 1 aromatic carbocycles. The fourth-order valence-electron chi connectivity index (χ4n) is 2.85. The molecule has 0 amide bonds. The highest BCUT2D eigenvalue weighted by Crippen LogP contribution is 2.35. The zero-order chi connectivity index (χ0) is 12.4. The lowest BCUT2D eigenvalue weighted by Crippen LogP contribution is -2.22. The summed E-state index contributed by atoms with van der Waals surface area (Å²) in [6.07, 6.45) is 4.29. The number of pyridine rings is 1. The second kappa shape index (κ2) is 4.91. The van der Waals surface area contributed by atoms with E-state index in [1.807, 2.05) is 12.3 Å². The first kappa shape index (κ1) is 11.4. The molecule has 18 heavy (non-hydrogen) atoms. The Morgan fingerprint density at radius 1 is 1.17 bits per heavy atom. The van der Waals surface area contributed by atoms with Gasteiger partial charge < -0.3 is 0 Å². The summed E-state index contributed by atoms with van der Waals surface area (Å²) < 4.78 is 0. The predicted molar refractivity (Wildman–Crippen MR) is 73.2 cm³/mol. The van der Waals surface area contributed by atoms with Gasteiger partial charge in [-0.15, -0.1) is 0 Å². The average molecular weight is 238 g/mol. The summed E-state index contributed by atoms with van der Waals surface area (Å²) in [4.78, 5) is 6.82. The molecule has 1 aliphatic rings. The lowest BCUT2D eigenvalue weighted by Gasteiger charge is -2.24. The summed E-state index contributed by atoms with van der Waals surface area (Å²) >= 11 is 0. The van der Waals surface area contributed by atoms with E-state index < -0.39 is 0 Å². The smallest absolute Gasteiger partial charge is 0.0544 e. The van der Waals surface area contributed by atoms with Gasteiger partial charge in [-0.05, 0) is 43.1 Å². The first-order valence-corrected chi connectivity index (χ1v) is 6.52. The van der Waals surface area contributed by atoms with Crippen LogP contribution in [-0.4, -0.2) is 16.9 Å². The van der Waals surface area contributed by atoms with Gasteiger partial charge in [0, 0.05) is 18.8 Å². The van der Waals surface area contributed by atoms with Crippen molar-refractivity contribution in [1.82, 2.24) is 9.88 Å². The number of rotatable bonds is 3. The Morgan fingerprint density at radius 3 is 2.83 bits per heavy atom. The molecule has 0 spiro atoms. The molecule has 1 heterocycles. The molecule has 2 nitrogen and oxygen atoms in total. The van der Waals surface area contributed by atoms with Crippen molar-refractivity contribution in [1.29, 1.82) is 0 Å². The van der Waals surface area contributed by atoms with E-state index in [2.05, 4.69) is 53.3 Å². The van der Waals surface area contributed by atoms with E-state index in [4.69, 9.17) is 0 Å². The van der Waals surface area contributed by atoms with E-state index in [-0.39, 0.29) is 0 Å². The lowest BCUT2D eigenvalue weighted by atomic mass is 10.1. The maximum atomic E-state index is 4.40. The first-order valence-electron chi connectivity index (χ1n) is 6.52. The molecule has 2 aromatic rings. The molecule has 0 radical (unpaired) electrons. The number of fused-ring (bicyclic) bond motifs is 1. The SMILES string of the molecule is CN(Cc1ccccn1)C1CCc2ccccc21. The largest absolute Gasteiger partial charge is 0.294 e. The van der Waals surface area contributed by atoms with Crippen molar-refractivity contribution in [2.45, 2.75) is 25.4 Å². The summed E-state index contributed by atoms with van der Waals surface area (Å²) in [5.41, 5.74) is 4.15. The van der Waals surface area contributed by atoms with Crippen LogP contribution < -0.4 is 0 Å². The molecule has 3 rings (SSSR count).